The van der Waals surface area contributed by atoms with Gasteiger partial charge in [-0.25, -0.2) is 4.39 Å². The minimum atomic E-state index is -0.247. The van der Waals surface area contributed by atoms with Crippen LogP contribution in [0.15, 0.2) is 53.0 Å². The third-order valence-corrected chi connectivity index (χ3v) is 4.66. The van der Waals surface area contributed by atoms with Crippen molar-refractivity contribution in [3.63, 3.8) is 0 Å². The summed E-state index contributed by atoms with van der Waals surface area (Å²) < 4.78 is 20.0. The number of benzene rings is 2. The van der Waals surface area contributed by atoms with E-state index in [4.69, 9.17) is 4.74 Å². The average Bonchev–Trinajstić information content (AvgIpc) is 2.50. The maximum atomic E-state index is 13.2. The Hall–Kier alpha value is -1.23. The lowest BCUT2D eigenvalue weighted by Crippen LogP contribution is -2.50. The van der Waals surface area contributed by atoms with E-state index in [1.165, 1.54) is 17.7 Å². The van der Waals surface area contributed by atoms with Gasteiger partial charge in [0.25, 0.3) is 0 Å². The molecule has 4 heteroatoms. The fraction of sp³-hybridized carbons (Fsp3) is 0.294. The molecule has 2 aromatic rings. The van der Waals surface area contributed by atoms with Gasteiger partial charge in [0.05, 0.1) is 18.2 Å². The van der Waals surface area contributed by atoms with E-state index in [2.05, 4.69) is 40.3 Å². The fourth-order valence-electron chi connectivity index (χ4n) is 2.65. The minimum absolute atomic E-state index is 0.0724. The van der Waals surface area contributed by atoms with Crippen LogP contribution in [0.25, 0.3) is 0 Å². The summed E-state index contributed by atoms with van der Waals surface area (Å²) in [6.07, 6.45) is -0.0724. The SMILES string of the molecule is CC1(c2ccccc2)COC(c2ccc(F)cc2Br)CN1. The van der Waals surface area contributed by atoms with Crippen molar-refractivity contribution in [1.29, 1.82) is 0 Å². The summed E-state index contributed by atoms with van der Waals surface area (Å²) in [6, 6.07) is 15.0. The zero-order chi connectivity index (χ0) is 14.9. The first-order chi connectivity index (χ1) is 10.1. The van der Waals surface area contributed by atoms with Crippen molar-refractivity contribution in [2.45, 2.75) is 18.6 Å². The highest BCUT2D eigenvalue weighted by atomic mass is 79.9. The first-order valence-corrected chi connectivity index (χ1v) is 7.75. The van der Waals surface area contributed by atoms with Crippen LogP contribution in [0.1, 0.15) is 24.2 Å². The Balaban J connectivity index is 1.76. The monoisotopic (exact) mass is 349 g/mol. The maximum absolute atomic E-state index is 13.2. The van der Waals surface area contributed by atoms with Gasteiger partial charge in [0.1, 0.15) is 5.82 Å². The van der Waals surface area contributed by atoms with Crippen LogP contribution in [0.4, 0.5) is 4.39 Å². The Morgan fingerprint density at radius 2 is 2.00 bits per heavy atom. The molecule has 1 aliphatic rings. The van der Waals surface area contributed by atoms with Gasteiger partial charge >= 0.3 is 0 Å². The molecular formula is C17H17BrFNO. The molecule has 0 aliphatic carbocycles. The lowest BCUT2D eigenvalue weighted by atomic mass is 9.90. The van der Waals surface area contributed by atoms with Crippen molar-refractivity contribution < 1.29 is 9.13 Å². The summed E-state index contributed by atoms with van der Waals surface area (Å²) in [6.45, 7) is 3.40. The first-order valence-electron chi connectivity index (χ1n) is 6.96. The van der Waals surface area contributed by atoms with E-state index in [0.29, 0.717) is 13.2 Å². The van der Waals surface area contributed by atoms with Crippen molar-refractivity contribution >= 4 is 15.9 Å². The van der Waals surface area contributed by atoms with E-state index in [1.54, 1.807) is 6.07 Å². The van der Waals surface area contributed by atoms with Crippen molar-refractivity contribution in [2.75, 3.05) is 13.2 Å². The predicted molar refractivity (Wildman–Crippen MR) is 84.6 cm³/mol. The molecule has 0 aromatic heterocycles. The van der Waals surface area contributed by atoms with Crippen molar-refractivity contribution in [2.24, 2.45) is 0 Å². The molecule has 1 heterocycles. The molecule has 0 spiro atoms. The summed E-state index contributed by atoms with van der Waals surface area (Å²) in [5, 5.41) is 3.56. The minimum Gasteiger partial charge on any atom is -0.370 e. The summed E-state index contributed by atoms with van der Waals surface area (Å²) in [4.78, 5) is 0. The van der Waals surface area contributed by atoms with Gasteiger partial charge in [-0.1, -0.05) is 52.3 Å². The molecule has 0 bridgehead atoms. The molecular weight excluding hydrogens is 333 g/mol. The molecule has 2 unspecified atom stereocenters. The molecule has 3 rings (SSSR count). The van der Waals surface area contributed by atoms with Crippen LogP contribution in [0.2, 0.25) is 0 Å². The predicted octanol–water partition coefficient (Wildman–Crippen LogP) is 4.16. The topological polar surface area (TPSA) is 21.3 Å². The summed E-state index contributed by atoms with van der Waals surface area (Å²) in [7, 11) is 0. The third-order valence-electron chi connectivity index (χ3n) is 3.97. The number of morpholine rings is 1. The number of nitrogens with one attached hydrogen (secondary N) is 1. The van der Waals surface area contributed by atoms with Crippen LogP contribution in [0, 0.1) is 5.82 Å². The molecule has 0 radical (unpaired) electrons. The second-order valence-corrected chi connectivity index (χ2v) is 6.40. The lowest BCUT2D eigenvalue weighted by molar-refractivity contribution is -0.0311. The summed E-state index contributed by atoms with van der Waals surface area (Å²) in [5.74, 6) is -0.247. The van der Waals surface area contributed by atoms with Gasteiger partial charge in [-0.05, 0) is 30.2 Å². The lowest BCUT2D eigenvalue weighted by Gasteiger charge is -2.39. The third kappa shape index (κ3) is 3.03. The van der Waals surface area contributed by atoms with E-state index < -0.39 is 0 Å². The second-order valence-electron chi connectivity index (χ2n) is 5.54. The zero-order valence-electron chi connectivity index (χ0n) is 11.8. The highest BCUT2D eigenvalue weighted by molar-refractivity contribution is 9.10. The molecule has 2 aromatic carbocycles. The Morgan fingerprint density at radius 1 is 1.24 bits per heavy atom. The van der Waals surface area contributed by atoms with Crippen molar-refractivity contribution in [3.8, 4) is 0 Å². The van der Waals surface area contributed by atoms with Crippen LogP contribution in [0.3, 0.4) is 0 Å². The Labute approximate surface area is 132 Å². The quantitative estimate of drug-likeness (QED) is 0.878. The van der Waals surface area contributed by atoms with Crippen LogP contribution < -0.4 is 5.32 Å². The van der Waals surface area contributed by atoms with Gasteiger partial charge in [0.15, 0.2) is 0 Å². The van der Waals surface area contributed by atoms with Gasteiger partial charge in [0.2, 0.25) is 0 Å². The number of hydrogen-bond acceptors (Lipinski definition) is 2. The van der Waals surface area contributed by atoms with Gasteiger partial charge < -0.3 is 10.1 Å². The molecule has 0 amide bonds. The molecule has 21 heavy (non-hydrogen) atoms. The fourth-order valence-corrected chi connectivity index (χ4v) is 3.26. The average molecular weight is 350 g/mol. The van der Waals surface area contributed by atoms with Gasteiger partial charge in [-0.15, -0.1) is 0 Å². The molecule has 2 nitrogen and oxygen atoms in total. The van der Waals surface area contributed by atoms with Crippen molar-refractivity contribution in [1.82, 2.24) is 5.32 Å². The highest BCUT2D eigenvalue weighted by Crippen LogP contribution is 2.33. The molecule has 1 N–H and O–H groups in total. The largest absolute Gasteiger partial charge is 0.370 e. The first kappa shape index (κ1) is 14.7. The zero-order valence-corrected chi connectivity index (χ0v) is 13.4. The highest BCUT2D eigenvalue weighted by Gasteiger charge is 2.33. The van der Waals surface area contributed by atoms with E-state index in [9.17, 15) is 4.39 Å². The molecule has 110 valence electrons. The standard InChI is InChI=1S/C17H17BrFNO/c1-17(12-5-3-2-4-6-12)11-21-16(10-20-17)14-8-7-13(19)9-15(14)18/h2-9,16,20H,10-11H2,1H3. The molecule has 0 saturated carbocycles. The number of hydrogen-bond donors (Lipinski definition) is 1. The van der Waals surface area contributed by atoms with Crippen LogP contribution in [0.5, 0.6) is 0 Å². The van der Waals surface area contributed by atoms with E-state index in [0.717, 1.165) is 10.0 Å². The van der Waals surface area contributed by atoms with E-state index in [1.807, 2.05) is 18.2 Å². The Kier molecular flexibility index (Phi) is 4.11. The van der Waals surface area contributed by atoms with Gasteiger partial charge in [-0.3, -0.25) is 0 Å². The van der Waals surface area contributed by atoms with Crippen LogP contribution in [-0.2, 0) is 10.3 Å². The second kappa shape index (κ2) is 5.87. The maximum Gasteiger partial charge on any atom is 0.124 e. The van der Waals surface area contributed by atoms with Gasteiger partial charge in [-0.2, -0.15) is 0 Å². The van der Waals surface area contributed by atoms with Crippen LogP contribution >= 0.6 is 15.9 Å². The van der Waals surface area contributed by atoms with Crippen molar-refractivity contribution in [3.05, 3.63) is 69.9 Å². The summed E-state index contributed by atoms with van der Waals surface area (Å²) in [5.41, 5.74) is 1.99. The summed E-state index contributed by atoms with van der Waals surface area (Å²) >= 11 is 3.41. The van der Waals surface area contributed by atoms with E-state index >= 15 is 0 Å². The van der Waals surface area contributed by atoms with E-state index in [-0.39, 0.29) is 17.5 Å². The smallest absolute Gasteiger partial charge is 0.124 e. The van der Waals surface area contributed by atoms with Crippen LogP contribution in [-0.4, -0.2) is 13.2 Å². The molecule has 1 fully saturated rings. The molecule has 1 saturated heterocycles. The van der Waals surface area contributed by atoms with Gasteiger partial charge in [0, 0.05) is 11.0 Å². The Morgan fingerprint density at radius 3 is 2.62 bits per heavy atom. The Bertz CT molecular complexity index is 624. The number of rotatable bonds is 2. The number of ether oxygens (including phenoxy) is 1. The normalized spacial score (nSPS) is 25.8. The molecule has 1 aliphatic heterocycles. The number of halogens is 2. The molecule has 2 atom stereocenters.